The summed E-state index contributed by atoms with van der Waals surface area (Å²) in [5.41, 5.74) is 4.67. The molecule has 5 rings (SSSR count). The summed E-state index contributed by atoms with van der Waals surface area (Å²) in [6, 6.07) is 21.5. The Morgan fingerprint density at radius 1 is 1.13 bits per heavy atom. The van der Waals surface area contributed by atoms with E-state index in [9.17, 15) is 4.79 Å². The van der Waals surface area contributed by atoms with Crippen molar-refractivity contribution >= 4 is 48.4 Å². The Kier molecular flexibility index (Phi) is 5.21. The Bertz CT molecular complexity index is 1410. The molecule has 7 heteroatoms. The van der Waals surface area contributed by atoms with Gasteiger partial charge in [-0.05, 0) is 60.2 Å². The molecular weight excluding hydrogens is 474 g/mol. The quantitative estimate of drug-likeness (QED) is 0.332. The van der Waals surface area contributed by atoms with Crippen molar-refractivity contribution in [2.45, 2.75) is 6.54 Å². The van der Waals surface area contributed by atoms with Crippen LogP contribution in [-0.4, -0.2) is 22.4 Å². The van der Waals surface area contributed by atoms with Gasteiger partial charge in [0.25, 0.3) is 5.91 Å². The minimum absolute atomic E-state index is 0.0909. The van der Waals surface area contributed by atoms with Gasteiger partial charge in [0.2, 0.25) is 0 Å². The zero-order chi connectivity index (χ0) is 21.4. The Morgan fingerprint density at radius 3 is 2.74 bits per heavy atom. The van der Waals surface area contributed by atoms with Crippen molar-refractivity contribution in [3.63, 3.8) is 0 Å². The number of carbonyl (C=O) groups is 1. The summed E-state index contributed by atoms with van der Waals surface area (Å²) in [4.78, 5) is 18.3. The number of nitrogens with zero attached hydrogens (tertiary/aromatic N) is 2. The average Bonchev–Trinajstić information content (AvgIpc) is 3.35. The summed E-state index contributed by atoms with van der Waals surface area (Å²) in [6.45, 7) is 0.481. The molecule has 0 bridgehead atoms. The van der Waals surface area contributed by atoms with Crippen molar-refractivity contribution in [1.29, 1.82) is 0 Å². The number of fused-ring (bicyclic) bond motifs is 3. The highest BCUT2D eigenvalue weighted by molar-refractivity contribution is 9.10. The van der Waals surface area contributed by atoms with Gasteiger partial charge in [0.1, 0.15) is 5.75 Å². The van der Waals surface area contributed by atoms with E-state index >= 15 is 0 Å². The number of halogens is 1. The third kappa shape index (κ3) is 3.94. The molecule has 1 N–H and O–H groups in total. The molecule has 0 saturated heterocycles. The first-order chi connectivity index (χ1) is 15.1. The molecule has 0 aliphatic rings. The number of rotatable bonds is 5. The molecule has 3 aromatic carbocycles. The van der Waals surface area contributed by atoms with Crippen LogP contribution in [0, 0.1) is 0 Å². The molecule has 2 heterocycles. The molecule has 5 aromatic rings. The molecular formula is C24H18BrN3O2S. The Hall–Kier alpha value is -3.16. The monoisotopic (exact) mass is 491 g/mol. The third-order valence-corrected chi connectivity index (χ3v) is 6.59. The number of carbonyl (C=O) groups excluding carboxylic acids is 1. The molecule has 31 heavy (non-hydrogen) atoms. The van der Waals surface area contributed by atoms with E-state index in [1.54, 1.807) is 18.4 Å². The van der Waals surface area contributed by atoms with Crippen molar-refractivity contribution in [2.75, 3.05) is 7.11 Å². The van der Waals surface area contributed by atoms with Gasteiger partial charge < -0.3 is 10.1 Å². The lowest BCUT2D eigenvalue weighted by atomic mass is 10.1. The van der Waals surface area contributed by atoms with E-state index in [0.717, 1.165) is 42.2 Å². The van der Waals surface area contributed by atoms with Crippen LogP contribution in [0.5, 0.6) is 5.75 Å². The molecule has 154 valence electrons. The van der Waals surface area contributed by atoms with E-state index in [2.05, 4.69) is 25.6 Å². The maximum atomic E-state index is 12.6. The standard InChI is InChI=1S/C24H18BrN3O2S/c1-30-19-8-5-16(6-9-19)20-14-28-21-10-7-17(12-22(21)31-24(28)27-20)23(29)26-13-15-3-2-4-18(25)11-15/h2-12,14H,13H2,1H3,(H,26,29). The minimum atomic E-state index is -0.0909. The molecule has 0 atom stereocenters. The van der Waals surface area contributed by atoms with Crippen LogP contribution < -0.4 is 10.1 Å². The smallest absolute Gasteiger partial charge is 0.251 e. The SMILES string of the molecule is COc1ccc(-c2cn3c(n2)sc2cc(C(=O)NCc4cccc(Br)c4)ccc23)cc1. The highest BCUT2D eigenvalue weighted by atomic mass is 79.9. The molecule has 0 saturated carbocycles. The first-order valence-corrected chi connectivity index (χ1v) is 11.3. The van der Waals surface area contributed by atoms with Gasteiger partial charge in [0.15, 0.2) is 4.96 Å². The topological polar surface area (TPSA) is 55.6 Å². The van der Waals surface area contributed by atoms with E-state index in [1.807, 2.05) is 72.9 Å². The predicted molar refractivity (Wildman–Crippen MR) is 128 cm³/mol. The van der Waals surface area contributed by atoms with E-state index < -0.39 is 0 Å². The van der Waals surface area contributed by atoms with Crippen LogP contribution in [0.3, 0.4) is 0 Å². The second-order valence-corrected chi connectivity index (χ2v) is 9.03. The Labute approximate surface area is 191 Å². The maximum Gasteiger partial charge on any atom is 0.251 e. The number of aromatic nitrogens is 2. The van der Waals surface area contributed by atoms with E-state index in [4.69, 9.17) is 9.72 Å². The van der Waals surface area contributed by atoms with Gasteiger partial charge in [-0.25, -0.2) is 4.98 Å². The van der Waals surface area contributed by atoms with E-state index in [1.165, 1.54) is 0 Å². The predicted octanol–water partition coefficient (Wildman–Crippen LogP) is 5.92. The summed E-state index contributed by atoms with van der Waals surface area (Å²) >= 11 is 5.03. The van der Waals surface area contributed by atoms with Crippen LogP contribution >= 0.6 is 27.3 Å². The summed E-state index contributed by atoms with van der Waals surface area (Å²) in [7, 11) is 1.66. The third-order valence-electron chi connectivity index (χ3n) is 5.08. The van der Waals surface area contributed by atoms with Crippen molar-refractivity contribution in [3.8, 4) is 17.0 Å². The number of imidazole rings is 1. The fourth-order valence-electron chi connectivity index (χ4n) is 3.47. The summed E-state index contributed by atoms with van der Waals surface area (Å²) in [6.07, 6.45) is 2.03. The van der Waals surface area contributed by atoms with Gasteiger partial charge in [0, 0.05) is 28.3 Å². The zero-order valence-electron chi connectivity index (χ0n) is 16.6. The zero-order valence-corrected chi connectivity index (χ0v) is 19.0. The highest BCUT2D eigenvalue weighted by Gasteiger charge is 2.13. The second-order valence-electron chi connectivity index (χ2n) is 7.10. The molecule has 1 amide bonds. The van der Waals surface area contributed by atoms with Gasteiger partial charge >= 0.3 is 0 Å². The largest absolute Gasteiger partial charge is 0.497 e. The van der Waals surface area contributed by atoms with Gasteiger partial charge in [-0.2, -0.15) is 0 Å². The van der Waals surface area contributed by atoms with Crippen molar-refractivity contribution < 1.29 is 9.53 Å². The van der Waals surface area contributed by atoms with Crippen LogP contribution in [0.4, 0.5) is 0 Å². The van der Waals surface area contributed by atoms with Crippen LogP contribution in [0.15, 0.2) is 77.4 Å². The normalized spacial score (nSPS) is 11.2. The highest BCUT2D eigenvalue weighted by Crippen LogP contribution is 2.30. The van der Waals surface area contributed by atoms with Crippen LogP contribution in [0.2, 0.25) is 0 Å². The first-order valence-electron chi connectivity index (χ1n) is 9.69. The molecule has 2 aromatic heterocycles. The fourth-order valence-corrected chi connectivity index (χ4v) is 4.97. The molecule has 0 spiro atoms. The molecule has 0 unspecified atom stereocenters. The number of methoxy groups -OCH3 is 1. The number of amides is 1. The molecule has 0 fully saturated rings. The maximum absolute atomic E-state index is 12.6. The van der Waals surface area contributed by atoms with Crippen LogP contribution in [0.1, 0.15) is 15.9 Å². The number of ether oxygens (including phenoxy) is 1. The summed E-state index contributed by atoms with van der Waals surface area (Å²) < 4.78 is 9.32. The lowest BCUT2D eigenvalue weighted by molar-refractivity contribution is 0.0951. The number of hydrogen-bond acceptors (Lipinski definition) is 4. The van der Waals surface area contributed by atoms with Crippen molar-refractivity contribution in [1.82, 2.24) is 14.7 Å². The summed E-state index contributed by atoms with van der Waals surface area (Å²) in [5, 5.41) is 2.99. The lowest BCUT2D eigenvalue weighted by Crippen LogP contribution is -2.22. The van der Waals surface area contributed by atoms with Crippen LogP contribution in [0.25, 0.3) is 26.4 Å². The Balaban J connectivity index is 1.39. The molecule has 0 aliphatic carbocycles. The Morgan fingerprint density at radius 2 is 1.97 bits per heavy atom. The number of nitrogens with one attached hydrogen (secondary N) is 1. The molecule has 0 radical (unpaired) electrons. The number of hydrogen-bond donors (Lipinski definition) is 1. The van der Waals surface area contributed by atoms with Gasteiger partial charge in [-0.1, -0.05) is 39.4 Å². The molecule has 0 aliphatic heterocycles. The van der Waals surface area contributed by atoms with E-state index in [0.29, 0.717) is 12.1 Å². The van der Waals surface area contributed by atoms with Gasteiger partial charge in [-0.15, -0.1) is 0 Å². The average molecular weight is 492 g/mol. The van der Waals surface area contributed by atoms with Crippen LogP contribution in [-0.2, 0) is 6.54 Å². The second kappa shape index (κ2) is 8.17. The first kappa shape index (κ1) is 19.8. The molecule has 5 nitrogen and oxygen atoms in total. The minimum Gasteiger partial charge on any atom is -0.497 e. The fraction of sp³-hybridized carbons (Fsp3) is 0.0833. The number of thiazole rings is 1. The number of benzene rings is 3. The summed E-state index contributed by atoms with van der Waals surface area (Å²) in [5.74, 6) is 0.729. The van der Waals surface area contributed by atoms with Gasteiger partial charge in [-0.3, -0.25) is 9.20 Å². The lowest BCUT2D eigenvalue weighted by Gasteiger charge is -2.06. The van der Waals surface area contributed by atoms with E-state index in [-0.39, 0.29) is 5.91 Å². The van der Waals surface area contributed by atoms with Crippen molar-refractivity contribution in [2.24, 2.45) is 0 Å². The van der Waals surface area contributed by atoms with Crippen molar-refractivity contribution in [3.05, 3.63) is 88.5 Å². The van der Waals surface area contributed by atoms with Gasteiger partial charge in [0.05, 0.1) is 23.0 Å².